The van der Waals surface area contributed by atoms with E-state index in [-0.39, 0.29) is 78.1 Å². The Labute approximate surface area is 298 Å². The van der Waals surface area contributed by atoms with Crippen molar-refractivity contribution in [3.05, 3.63) is 58.4 Å². The third-order valence-corrected chi connectivity index (χ3v) is 11.2. The van der Waals surface area contributed by atoms with Gasteiger partial charge in [0.1, 0.15) is 46.5 Å². The van der Waals surface area contributed by atoms with Crippen LogP contribution >= 0.6 is 22.9 Å². The lowest BCUT2D eigenvalue weighted by Crippen LogP contribution is -2.57. The molecule has 51 heavy (non-hydrogen) atoms. The van der Waals surface area contributed by atoms with Gasteiger partial charge in [-0.05, 0) is 37.6 Å². The zero-order chi connectivity index (χ0) is 35.7. The average Bonchev–Trinajstić information content (AvgIpc) is 3.88. The van der Waals surface area contributed by atoms with Crippen molar-refractivity contribution in [2.24, 2.45) is 0 Å². The highest BCUT2D eigenvalue weighted by Crippen LogP contribution is 2.46. The van der Waals surface area contributed by atoms with Crippen LogP contribution in [-0.4, -0.2) is 100 Å². The predicted molar refractivity (Wildman–Crippen MR) is 186 cm³/mol. The number of nitrogens with zero attached hydrogens (tertiary/aromatic N) is 9. The van der Waals surface area contributed by atoms with Crippen LogP contribution in [0.4, 0.5) is 24.4 Å². The molecule has 0 radical (unpaired) electrons. The summed E-state index contributed by atoms with van der Waals surface area (Å²) in [5.74, 6) is -1.02. The molecular weight excluding hydrogens is 702 g/mol. The minimum Gasteiger partial charge on any atom is -0.456 e. The lowest BCUT2D eigenvalue weighted by Gasteiger charge is -2.41. The number of methoxy groups -OCH3 is 1. The fourth-order valence-corrected chi connectivity index (χ4v) is 8.84. The lowest BCUT2D eigenvalue weighted by molar-refractivity contribution is 0.0300. The molecular formula is C34H29ClF2N10O3S. The SMILES string of the molecule is CO[C@@H]1CN(C)C[C@H]1Oc1nc(N2CC3CCC(C2)N3C(=O)n2cc(C#N)cn2)c2cc(Cl)c(-c3ccc(F)c4sc(N)c(C#N)c34)c(F)c2n1. The van der Waals surface area contributed by atoms with Crippen LogP contribution in [0.15, 0.2) is 30.6 Å². The molecule has 3 aromatic heterocycles. The van der Waals surface area contributed by atoms with Crippen molar-refractivity contribution >= 4 is 60.8 Å². The van der Waals surface area contributed by atoms with E-state index in [1.54, 1.807) is 18.1 Å². The predicted octanol–water partition coefficient (Wildman–Crippen LogP) is 4.99. The summed E-state index contributed by atoms with van der Waals surface area (Å²) in [6.45, 7) is 1.88. The third kappa shape index (κ3) is 5.37. The van der Waals surface area contributed by atoms with Crippen LogP contribution in [0.5, 0.6) is 6.01 Å². The zero-order valence-corrected chi connectivity index (χ0v) is 28.9. The minimum atomic E-state index is -0.803. The van der Waals surface area contributed by atoms with Crippen LogP contribution in [0.2, 0.25) is 5.02 Å². The molecule has 0 spiro atoms. The van der Waals surface area contributed by atoms with Crippen molar-refractivity contribution in [3.63, 3.8) is 0 Å². The number of nitrogen functional groups attached to an aromatic ring is 1. The molecule has 17 heteroatoms. The zero-order valence-electron chi connectivity index (χ0n) is 27.3. The van der Waals surface area contributed by atoms with E-state index < -0.39 is 17.7 Å². The van der Waals surface area contributed by atoms with Gasteiger partial charge < -0.3 is 25.0 Å². The van der Waals surface area contributed by atoms with E-state index in [0.29, 0.717) is 37.4 Å². The Morgan fingerprint density at radius 3 is 2.53 bits per heavy atom. The van der Waals surface area contributed by atoms with E-state index in [1.165, 1.54) is 29.2 Å². The van der Waals surface area contributed by atoms with Gasteiger partial charge in [0.2, 0.25) is 0 Å². The molecule has 260 valence electrons. The number of hydrogen-bond acceptors (Lipinski definition) is 12. The summed E-state index contributed by atoms with van der Waals surface area (Å²) < 4.78 is 45.3. The Morgan fingerprint density at radius 1 is 1.10 bits per heavy atom. The third-order valence-electron chi connectivity index (χ3n) is 9.91. The van der Waals surface area contributed by atoms with E-state index in [1.807, 2.05) is 29.0 Å². The van der Waals surface area contributed by atoms with E-state index in [4.69, 9.17) is 31.8 Å². The number of halogens is 3. The van der Waals surface area contributed by atoms with Crippen LogP contribution in [0.25, 0.3) is 32.1 Å². The van der Waals surface area contributed by atoms with Crippen molar-refractivity contribution in [2.75, 3.05) is 51.0 Å². The monoisotopic (exact) mass is 730 g/mol. The maximum atomic E-state index is 17.1. The first-order valence-corrected chi connectivity index (χ1v) is 17.3. The molecule has 3 aliphatic heterocycles. The molecule has 6 heterocycles. The summed E-state index contributed by atoms with van der Waals surface area (Å²) in [6, 6.07) is 7.32. The molecule has 8 rings (SSSR count). The Morgan fingerprint density at radius 2 is 1.84 bits per heavy atom. The number of carbonyl (C=O) groups is 1. The van der Waals surface area contributed by atoms with E-state index >= 15 is 4.39 Å². The Balaban J connectivity index is 1.25. The lowest BCUT2D eigenvalue weighted by atomic mass is 9.97. The van der Waals surface area contributed by atoms with Gasteiger partial charge in [0.15, 0.2) is 5.82 Å². The van der Waals surface area contributed by atoms with Crippen LogP contribution in [0.1, 0.15) is 24.0 Å². The number of nitriles is 2. The highest BCUT2D eigenvalue weighted by molar-refractivity contribution is 7.23. The van der Waals surface area contributed by atoms with Gasteiger partial charge in [-0.15, -0.1) is 11.3 Å². The summed E-state index contributed by atoms with van der Waals surface area (Å²) in [6.07, 6.45) is 3.48. The number of ether oxygens (including phenoxy) is 2. The molecule has 5 aromatic rings. The number of rotatable bonds is 5. The van der Waals surface area contributed by atoms with Gasteiger partial charge >= 0.3 is 12.0 Å². The summed E-state index contributed by atoms with van der Waals surface area (Å²) in [5, 5.41) is 23.8. The van der Waals surface area contributed by atoms with Crippen molar-refractivity contribution in [2.45, 2.75) is 37.1 Å². The maximum Gasteiger partial charge on any atom is 0.345 e. The summed E-state index contributed by atoms with van der Waals surface area (Å²) >= 11 is 7.79. The van der Waals surface area contributed by atoms with Gasteiger partial charge in [0, 0.05) is 49.6 Å². The number of aromatic nitrogens is 4. The second-order valence-corrected chi connectivity index (χ2v) is 14.4. The van der Waals surface area contributed by atoms with Gasteiger partial charge in [-0.2, -0.15) is 30.3 Å². The number of hydrogen-bond donors (Lipinski definition) is 1. The molecule has 0 saturated carbocycles. The Hall–Kier alpha value is -5.13. The fraction of sp³-hybridized carbons (Fsp3) is 0.353. The second-order valence-electron chi connectivity index (χ2n) is 12.9. The number of amides is 1. The Kier molecular flexibility index (Phi) is 8.15. The van der Waals surface area contributed by atoms with Gasteiger partial charge in [-0.3, -0.25) is 4.90 Å². The second kappa shape index (κ2) is 12.6. The molecule has 4 atom stereocenters. The first-order chi connectivity index (χ1) is 24.6. The molecule has 3 fully saturated rings. The van der Waals surface area contributed by atoms with Gasteiger partial charge in [0.25, 0.3) is 0 Å². The van der Waals surface area contributed by atoms with Crippen LogP contribution in [0, 0.1) is 34.3 Å². The number of thiophene rings is 1. The smallest absolute Gasteiger partial charge is 0.345 e. The highest BCUT2D eigenvalue weighted by Gasteiger charge is 2.44. The molecule has 3 aliphatic rings. The van der Waals surface area contributed by atoms with Crippen molar-refractivity contribution in [1.29, 1.82) is 10.5 Å². The molecule has 2 aromatic carbocycles. The molecule has 2 unspecified atom stereocenters. The number of likely N-dealkylation sites (N-methyl/N-ethyl adjacent to an activating group) is 1. The summed E-state index contributed by atoms with van der Waals surface area (Å²) in [7, 11) is 3.53. The van der Waals surface area contributed by atoms with E-state index in [2.05, 4.69) is 10.1 Å². The number of piperazine rings is 1. The minimum absolute atomic E-state index is 0.000664. The Bertz CT molecular complexity index is 2320. The normalized spacial score (nSPS) is 21.8. The molecule has 3 saturated heterocycles. The summed E-state index contributed by atoms with van der Waals surface area (Å²) in [5.41, 5.74) is 6.44. The number of benzene rings is 2. The molecule has 13 nitrogen and oxygen atoms in total. The van der Waals surface area contributed by atoms with E-state index in [9.17, 15) is 19.7 Å². The number of carbonyl (C=O) groups excluding carboxylic acids is 1. The topological polar surface area (TPSA) is 162 Å². The van der Waals surface area contributed by atoms with Gasteiger partial charge in [-0.1, -0.05) is 17.7 Å². The van der Waals surface area contributed by atoms with Gasteiger partial charge in [0.05, 0.1) is 45.3 Å². The standard InChI is InChI=1S/C34H29ClF2N10O3S/c1-44-14-24(49-2)25(15-44)50-33-42-29-20(7-22(35)27(28(29)37)19-5-6-23(36)30-26(19)21(9-39)31(40)51-30)32(43-33)45-12-17-3-4-18(13-45)47(17)34(48)46-11-16(8-38)10-41-46/h5-7,10-11,17-18,24-25H,3-4,12-15,40H2,1-2H3/t17?,18?,24-,25-/m1/s1. The number of likely N-dealkylation sites (tertiary alicyclic amines) is 1. The number of anilines is 2. The molecule has 0 aliphatic carbocycles. The first-order valence-electron chi connectivity index (χ1n) is 16.1. The fourth-order valence-electron chi connectivity index (χ4n) is 7.60. The molecule has 2 bridgehead atoms. The maximum absolute atomic E-state index is 17.1. The first kappa shape index (κ1) is 33.0. The molecule has 1 amide bonds. The van der Waals surface area contributed by atoms with Crippen molar-refractivity contribution < 1.29 is 23.0 Å². The van der Waals surface area contributed by atoms with Crippen LogP contribution in [0.3, 0.4) is 0 Å². The van der Waals surface area contributed by atoms with Gasteiger partial charge in [-0.25, -0.2) is 13.6 Å². The van der Waals surface area contributed by atoms with Crippen LogP contribution in [-0.2, 0) is 4.74 Å². The quantitative estimate of drug-likeness (QED) is 0.259. The van der Waals surface area contributed by atoms with Crippen molar-refractivity contribution in [1.82, 2.24) is 29.5 Å². The average molecular weight is 731 g/mol. The largest absolute Gasteiger partial charge is 0.456 e. The van der Waals surface area contributed by atoms with E-state index in [0.717, 1.165) is 24.2 Å². The van der Waals surface area contributed by atoms with Crippen molar-refractivity contribution in [3.8, 4) is 29.3 Å². The highest BCUT2D eigenvalue weighted by atomic mass is 35.5. The number of nitrogens with two attached hydrogens (primary N) is 1. The molecule has 2 N–H and O–H groups in total. The number of fused-ring (bicyclic) bond motifs is 4. The van der Waals surface area contributed by atoms with Crippen LogP contribution < -0.4 is 15.4 Å². The summed E-state index contributed by atoms with van der Waals surface area (Å²) in [4.78, 5) is 28.7.